The second-order valence-corrected chi connectivity index (χ2v) is 4.46. The van der Waals surface area contributed by atoms with Gasteiger partial charge in [-0.05, 0) is 24.6 Å². The predicted octanol–water partition coefficient (Wildman–Crippen LogP) is 1.40. The molecular formula is C14H17NO4. The Kier molecular flexibility index (Phi) is 4.54. The van der Waals surface area contributed by atoms with Gasteiger partial charge in [0.25, 0.3) is 0 Å². The highest BCUT2D eigenvalue weighted by Crippen LogP contribution is 2.20. The molecule has 1 atom stereocenters. The summed E-state index contributed by atoms with van der Waals surface area (Å²) in [5, 5.41) is 22.0. The Morgan fingerprint density at radius 2 is 2.16 bits per heavy atom. The van der Waals surface area contributed by atoms with Crippen molar-refractivity contribution in [3.63, 3.8) is 0 Å². The lowest BCUT2D eigenvalue weighted by molar-refractivity contribution is -0.139. The van der Waals surface area contributed by atoms with Gasteiger partial charge < -0.3 is 19.9 Å². The smallest absolute Gasteiger partial charge is 0.306 e. The molecule has 0 aliphatic rings. The fourth-order valence-electron chi connectivity index (χ4n) is 1.99. The van der Waals surface area contributed by atoms with Gasteiger partial charge in [0, 0.05) is 11.9 Å². The average Bonchev–Trinajstić information content (AvgIpc) is 2.77. The summed E-state index contributed by atoms with van der Waals surface area (Å²) in [6, 6.07) is 7.82. The number of hydrogen-bond acceptors (Lipinski definition) is 4. The van der Waals surface area contributed by atoms with Gasteiger partial charge in [0.05, 0.1) is 18.8 Å². The maximum Gasteiger partial charge on any atom is 0.306 e. The van der Waals surface area contributed by atoms with Crippen LogP contribution in [-0.2, 0) is 11.2 Å². The molecule has 1 aromatic carbocycles. The summed E-state index contributed by atoms with van der Waals surface area (Å²) in [6.45, 7) is 0.947. The van der Waals surface area contributed by atoms with Crippen molar-refractivity contribution in [2.45, 2.75) is 18.9 Å². The number of aliphatic hydroxyl groups excluding tert-OH is 1. The molecule has 5 nitrogen and oxygen atoms in total. The molecular weight excluding hydrogens is 246 g/mol. The molecule has 1 unspecified atom stereocenters. The first kappa shape index (κ1) is 13.6. The number of rotatable bonds is 7. The predicted molar refractivity (Wildman–Crippen MR) is 71.0 cm³/mol. The van der Waals surface area contributed by atoms with Crippen molar-refractivity contribution >= 4 is 16.9 Å². The molecule has 102 valence electrons. The van der Waals surface area contributed by atoms with Crippen LogP contribution in [0.2, 0.25) is 0 Å². The van der Waals surface area contributed by atoms with E-state index in [0.717, 1.165) is 23.0 Å². The van der Waals surface area contributed by atoms with E-state index in [1.165, 1.54) is 0 Å². The van der Waals surface area contributed by atoms with Crippen molar-refractivity contribution in [2.24, 2.45) is 0 Å². The summed E-state index contributed by atoms with van der Waals surface area (Å²) in [5.74, 6) is -0.991. The van der Waals surface area contributed by atoms with Crippen molar-refractivity contribution in [3.8, 4) is 0 Å². The quantitative estimate of drug-likeness (QED) is 0.658. The molecule has 0 aliphatic heterocycles. The number of benzene rings is 1. The second-order valence-electron chi connectivity index (χ2n) is 4.46. The number of furan rings is 1. The van der Waals surface area contributed by atoms with E-state index in [-0.39, 0.29) is 13.0 Å². The number of hydrogen-bond donors (Lipinski definition) is 3. The third kappa shape index (κ3) is 3.81. The van der Waals surface area contributed by atoms with Crippen molar-refractivity contribution < 1.29 is 19.4 Å². The lowest BCUT2D eigenvalue weighted by Gasteiger charge is -2.08. The number of para-hydroxylation sites is 1. The van der Waals surface area contributed by atoms with Crippen LogP contribution in [0.5, 0.6) is 0 Å². The standard InChI is InChI=1S/C14H17NO4/c16-11(7-14(17)18)8-15-6-5-10-9-19-13-4-2-1-3-12(10)13/h1-4,9,11,15-16H,5-8H2,(H,17,18). The maximum absolute atomic E-state index is 10.4. The van der Waals surface area contributed by atoms with Gasteiger partial charge in [-0.2, -0.15) is 0 Å². The molecule has 1 heterocycles. The van der Waals surface area contributed by atoms with Gasteiger partial charge in [-0.3, -0.25) is 4.79 Å². The van der Waals surface area contributed by atoms with Gasteiger partial charge in [-0.25, -0.2) is 0 Å². The van der Waals surface area contributed by atoms with Crippen LogP contribution in [0.25, 0.3) is 11.0 Å². The van der Waals surface area contributed by atoms with Crippen molar-refractivity contribution in [1.82, 2.24) is 5.32 Å². The molecule has 0 amide bonds. The largest absolute Gasteiger partial charge is 0.481 e. The molecule has 0 saturated heterocycles. The van der Waals surface area contributed by atoms with E-state index in [2.05, 4.69) is 5.32 Å². The Labute approximate surface area is 110 Å². The Morgan fingerprint density at radius 1 is 1.37 bits per heavy atom. The zero-order valence-corrected chi connectivity index (χ0v) is 10.5. The van der Waals surface area contributed by atoms with E-state index in [1.807, 2.05) is 24.3 Å². The Hall–Kier alpha value is -1.85. The van der Waals surface area contributed by atoms with Gasteiger partial charge in [0.2, 0.25) is 0 Å². The number of aliphatic hydroxyl groups is 1. The third-order valence-corrected chi connectivity index (χ3v) is 2.92. The molecule has 0 fully saturated rings. The van der Waals surface area contributed by atoms with Gasteiger partial charge in [0.15, 0.2) is 0 Å². The summed E-state index contributed by atoms with van der Waals surface area (Å²) < 4.78 is 5.42. The number of carboxylic acid groups (broad SMARTS) is 1. The Balaban J connectivity index is 1.78. The van der Waals surface area contributed by atoms with Crippen LogP contribution in [0, 0.1) is 0 Å². The molecule has 5 heteroatoms. The normalized spacial score (nSPS) is 12.7. The van der Waals surface area contributed by atoms with E-state index >= 15 is 0 Å². The average molecular weight is 263 g/mol. The van der Waals surface area contributed by atoms with Gasteiger partial charge in [0.1, 0.15) is 5.58 Å². The lowest BCUT2D eigenvalue weighted by atomic mass is 10.1. The fraction of sp³-hybridized carbons (Fsp3) is 0.357. The lowest BCUT2D eigenvalue weighted by Crippen LogP contribution is -2.30. The van der Waals surface area contributed by atoms with Gasteiger partial charge >= 0.3 is 5.97 Å². The zero-order chi connectivity index (χ0) is 13.7. The third-order valence-electron chi connectivity index (χ3n) is 2.92. The van der Waals surface area contributed by atoms with Crippen LogP contribution < -0.4 is 5.32 Å². The van der Waals surface area contributed by atoms with E-state index in [0.29, 0.717) is 6.54 Å². The highest BCUT2D eigenvalue weighted by Gasteiger charge is 2.09. The molecule has 0 aliphatic carbocycles. The van der Waals surface area contributed by atoms with Crippen molar-refractivity contribution in [3.05, 3.63) is 36.1 Å². The van der Waals surface area contributed by atoms with Gasteiger partial charge in [-0.1, -0.05) is 18.2 Å². The zero-order valence-electron chi connectivity index (χ0n) is 10.5. The molecule has 0 radical (unpaired) electrons. The van der Waals surface area contributed by atoms with Crippen LogP contribution in [0.3, 0.4) is 0 Å². The van der Waals surface area contributed by atoms with E-state index in [4.69, 9.17) is 9.52 Å². The minimum absolute atomic E-state index is 0.234. The highest BCUT2D eigenvalue weighted by atomic mass is 16.4. The van der Waals surface area contributed by atoms with Gasteiger partial charge in [-0.15, -0.1) is 0 Å². The summed E-state index contributed by atoms with van der Waals surface area (Å²) in [5.41, 5.74) is 1.97. The molecule has 2 aromatic rings. The molecule has 0 spiro atoms. The number of fused-ring (bicyclic) bond motifs is 1. The van der Waals surface area contributed by atoms with Crippen LogP contribution in [0.4, 0.5) is 0 Å². The van der Waals surface area contributed by atoms with E-state index in [9.17, 15) is 9.90 Å². The summed E-state index contributed by atoms with van der Waals surface area (Å²) in [6.07, 6.45) is 1.43. The maximum atomic E-state index is 10.4. The number of carbonyl (C=O) groups is 1. The van der Waals surface area contributed by atoms with Crippen molar-refractivity contribution in [2.75, 3.05) is 13.1 Å². The summed E-state index contributed by atoms with van der Waals surface area (Å²) in [4.78, 5) is 10.4. The summed E-state index contributed by atoms with van der Waals surface area (Å²) in [7, 11) is 0. The molecule has 1 aromatic heterocycles. The molecule has 2 rings (SSSR count). The van der Waals surface area contributed by atoms with Crippen LogP contribution in [0.15, 0.2) is 34.9 Å². The molecule has 0 saturated carbocycles. The number of carboxylic acids is 1. The van der Waals surface area contributed by atoms with Crippen LogP contribution >= 0.6 is 0 Å². The number of aliphatic carboxylic acids is 1. The van der Waals surface area contributed by atoms with Crippen LogP contribution in [-0.4, -0.2) is 35.4 Å². The first-order valence-electron chi connectivity index (χ1n) is 6.22. The first-order valence-corrected chi connectivity index (χ1v) is 6.22. The second kappa shape index (κ2) is 6.36. The monoisotopic (exact) mass is 263 g/mol. The fourth-order valence-corrected chi connectivity index (χ4v) is 1.99. The Bertz CT molecular complexity index is 549. The van der Waals surface area contributed by atoms with Crippen LogP contribution in [0.1, 0.15) is 12.0 Å². The van der Waals surface area contributed by atoms with Crippen molar-refractivity contribution in [1.29, 1.82) is 0 Å². The molecule has 3 N–H and O–H groups in total. The highest BCUT2D eigenvalue weighted by molar-refractivity contribution is 5.80. The molecule has 19 heavy (non-hydrogen) atoms. The first-order chi connectivity index (χ1) is 9.16. The van der Waals surface area contributed by atoms with E-state index in [1.54, 1.807) is 6.26 Å². The topological polar surface area (TPSA) is 82.7 Å². The molecule has 0 bridgehead atoms. The summed E-state index contributed by atoms with van der Waals surface area (Å²) >= 11 is 0. The SMILES string of the molecule is O=C(O)CC(O)CNCCc1coc2ccccc12. The Morgan fingerprint density at radius 3 is 2.95 bits per heavy atom. The number of nitrogens with one attached hydrogen (secondary N) is 1. The van der Waals surface area contributed by atoms with E-state index < -0.39 is 12.1 Å². The minimum atomic E-state index is -0.991. The minimum Gasteiger partial charge on any atom is -0.481 e.